The SMILES string of the molecule is CC[C@]1(c2ccc(OC)cc2)NC(=O)N(CN(C)Cc2ccccc2N2CCCCC2)C1=O. The van der Waals surface area contributed by atoms with Gasteiger partial charge in [-0.25, -0.2) is 9.69 Å². The molecule has 1 atom stereocenters. The summed E-state index contributed by atoms with van der Waals surface area (Å²) in [6.45, 7) is 4.97. The number of carbonyl (C=O) groups is 2. The summed E-state index contributed by atoms with van der Waals surface area (Å²) in [4.78, 5) is 32.2. The van der Waals surface area contributed by atoms with Gasteiger partial charge in [-0.1, -0.05) is 37.3 Å². The first-order valence-corrected chi connectivity index (χ1v) is 11.8. The fourth-order valence-corrected chi connectivity index (χ4v) is 4.94. The zero-order chi connectivity index (χ0) is 23.4. The number of carbonyl (C=O) groups excluding carboxylic acids is 2. The highest BCUT2D eigenvalue weighted by Crippen LogP contribution is 2.33. The number of nitrogens with zero attached hydrogens (tertiary/aromatic N) is 3. The fourth-order valence-electron chi connectivity index (χ4n) is 4.94. The van der Waals surface area contributed by atoms with Crippen LogP contribution in [0.5, 0.6) is 5.75 Å². The van der Waals surface area contributed by atoms with Crippen molar-refractivity contribution in [3.05, 3.63) is 59.7 Å². The molecule has 2 aliphatic rings. The van der Waals surface area contributed by atoms with Crippen molar-refractivity contribution in [3.63, 3.8) is 0 Å². The summed E-state index contributed by atoms with van der Waals surface area (Å²) in [6, 6.07) is 15.4. The Balaban J connectivity index is 1.49. The first-order valence-electron chi connectivity index (χ1n) is 11.8. The molecule has 33 heavy (non-hydrogen) atoms. The monoisotopic (exact) mass is 450 g/mol. The van der Waals surface area contributed by atoms with E-state index in [-0.39, 0.29) is 18.6 Å². The van der Waals surface area contributed by atoms with Crippen LogP contribution in [-0.4, -0.2) is 55.7 Å². The Labute approximate surface area is 196 Å². The zero-order valence-electron chi connectivity index (χ0n) is 19.8. The summed E-state index contributed by atoms with van der Waals surface area (Å²) in [7, 11) is 3.56. The number of nitrogens with one attached hydrogen (secondary N) is 1. The van der Waals surface area contributed by atoms with Crippen molar-refractivity contribution < 1.29 is 14.3 Å². The molecule has 2 fully saturated rings. The molecule has 2 aliphatic heterocycles. The van der Waals surface area contributed by atoms with E-state index in [2.05, 4.69) is 34.5 Å². The number of imide groups is 1. The summed E-state index contributed by atoms with van der Waals surface area (Å²) >= 11 is 0. The third kappa shape index (κ3) is 4.55. The third-order valence-electron chi connectivity index (χ3n) is 6.80. The van der Waals surface area contributed by atoms with Crippen molar-refractivity contribution in [1.29, 1.82) is 0 Å². The number of anilines is 1. The number of ether oxygens (including phenoxy) is 1. The maximum absolute atomic E-state index is 13.5. The molecule has 0 aliphatic carbocycles. The van der Waals surface area contributed by atoms with Crippen LogP contribution in [0.3, 0.4) is 0 Å². The van der Waals surface area contributed by atoms with Crippen LogP contribution in [0.25, 0.3) is 0 Å². The minimum Gasteiger partial charge on any atom is -0.497 e. The lowest BCUT2D eigenvalue weighted by molar-refractivity contribution is -0.133. The number of hydrogen-bond acceptors (Lipinski definition) is 5. The second kappa shape index (κ2) is 9.83. The van der Waals surface area contributed by atoms with Crippen LogP contribution >= 0.6 is 0 Å². The van der Waals surface area contributed by atoms with E-state index >= 15 is 0 Å². The molecular formula is C26H34N4O3. The molecule has 2 aromatic carbocycles. The van der Waals surface area contributed by atoms with Gasteiger partial charge in [0.2, 0.25) is 0 Å². The highest BCUT2D eigenvalue weighted by Gasteiger charge is 2.51. The van der Waals surface area contributed by atoms with Crippen LogP contribution in [0.15, 0.2) is 48.5 Å². The predicted octanol–water partition coefficient (Wildman–Crippen LogP) is 3.93. The Hall–Kier alpha value is -3.06. The van der Waals surface area contributed by atoms with Gasteiger partial charge in [-0.3, -0.25) is 9.69 Å². The van der Waals surface area contributed by atoms with Crippen LogP contribution in [0.4, 0.5) is 10.5 Å². The summed E-state index contributed by atoms with van der Waals surface area (Å²) < 4.78 is 5.24. The maximum atomic E-state index is 13.5. The zero-order valence-corrected chi connectivity index (χ0v) is 19.8. The molecule has 2 heterocycles. The molecule has 0 saturated carbocycles. The molecule has 7 nitrogen and oxygen atoms in total. The lowest BCUT2D eigenvalue weighted by Gasteiger charge is -2.32. The summed E-state index contributed by atoms with van der Waals surface area (Å²) in [5, 5.41) is 2.96. The Morgan fingerprint density at radius 3 is 2.39 bits per heavy atom. The molecule has 2 aromatic rings. The van der Waals surface area contributed by atoms with Gasteiger partial charge in [-0.05, 0) is 62.1 Å². The highest BCUT2D eigenvalue weighted by molar-refractivity contribution is 6.07. The molecule has 7 heteroatoms. The van der Waals surface area contributed by atoms with E-state index in [0.717, 1.165) is 18.7 Å². The van der Waals surface area contributed by atoms with Gasteiger partial charge < -0.3 is 15.0 Å². The standard InChI is InChI=1S/C26H34N4O3/c1-4-26(21-12-14-22(33-3)15-13-21)24(31)30(25(32)27-26)19-28(2)18-20-10-6-7-11-23(20)29-16-8-5-9-17-29/h6-7,10-15H,4-5,8-9,16-19H2,1-3H3,(H,27,32)/t26-/m1/s1. The number of benzene rings is 2. The third-order valence-corrected chi connectivity index (χ3v) is 6.80. The summed E-state index contributed by atoms with van der Waals surface area (Å²) in [5.74, 6) is 0.502. The van der Waals surface area contributed by atoms with Crippen LogP contribution in [-0.2, 0) is 16.9 Å². The average molecular weight is 451 g/mol. The van der Waals surface area contributed by atoms with Crippen molar-refractivity contribution in [1.82, 2.24) is 15.1 Å². The Morgan fingerprint density at radius 2 is 1.73 bits per heavy atom. The van der Waals surface area contributed by atoms with Crippen LogP contribution in [0.1, 0.15) is 43.7 Å². The second-order valence-electron chi connectivity index (χ2n) is 8.98. The van der Waals surface area contributed by atoms with Gasteiger partial charge in [0.25, 0.3) is 5.91 Å². The molecule has 0 aromatic heterocycles. The van der Waals surface area contributed by atoms with Crippen molar-refractivity contribution >= 4 is 17.6 Å². The van der Waals surface area contributed by atoms with E-state index in [9.17, 15) is 9.59 Å². The average Bonchev–Trinajstić information content (AvgIpc) is 3.10. The van der Waals surface area contributed by atoms with E-state index in [1.54, 1.807) is 7.11 Å². The van der Waals surface area contributed by atoms with Crippen LogP contribution in [0.2, 0.25) is 0 Å². The van der Waals surface area contributed by atoms with Crippen LogP contribution in [0, 0.1) is 0 Å². The Kier molecular flexibility index (Phi) is 6.88. The summed E-state index contributed by atoms with van der Waals surface area (Å²) in [6.07, 6.45) is 4.20. The molecule has 2 saturated heterocycles. The fraction of sp³-hybridized carbons (Fsp3) is 0.462. The van der Waals surface area contributed by atoms with Crippen molar-refractivity contribution in [2.24, 2.45) is 0 Å². The number of urea groups is 1. The predicted molar refractivity (Wildman–Crippen MR) is 129 cm³/mol. The van der Waals surface area contributed by atoms with Gasteiger partial charge in [0.1, 0.15) is 11.3 Å². The minimum absolute atomic E-state index is 0.212. The van der Waals surface area contributed by atoms with Gasteiger partial charge in [-0.2, -0.15) is 0 Å². The molecule has 0 bridgehead atoms. The lowest BCUT2D eigenvalue weighted by atomic mass is 9.87. The molecule has 1 N–H and O–H groups in total. The maximum Gasteiger partial charge on any atom is 0.326 e. The topological polar surface area (TPSA) is 65.1 Å². The number of hydrogen-bond donors (Lipinski definition) is 1. The number of amides is 3. The van der Waals surface area contributed by atoms with Gasteiger partial charge in [-0.15, -0.1) is 0 Å². The number of rotatable bonds is 8. The van der Waals surface area contributed by atoms with E-state index in [1.165, 1.54) is 35.4 Å². The number of methoxy groups -OCH3 is 1. The first kappa shape index (κ1) is 23.1. The molecule has 3 amide bonds. The number of piperidine rings is 1. The molecule has 0 radical (unpaired) electrons. The van der Waals surface area contributed by atoms with E-state index in [1.807, 2.05) is 43.1 Å². The minimum atomic E-state index is -1.05. The quantitative estimate of drug-likeness (QED) is 0.618. The highest BCUT2D eigenvalue weighted by atomic mass is 16.5. The van der Waals surface area contributed by atoms with Gasteiger partial charge in [0, 0.05) is 25.3 Å². The molecule has 4 rings (SSSR count). The van der Waals surface area contributed by atoms with Gasteiger partial charge in [0.15, 0.2) is 0 Å². The summed E-state index contributed by atoms with van der Waals surface area (Å²) in [5.41, 5.74) is 2.19. The smallest absolute Gasteiger partial charge is 0.326 e. The van der Waals surface area contributed by atoms with Gasteiger partial charge in [0.05, 0.1) is 13.8 Å². The lowest BCUT2D eigenvalue weighted by Crippen LogP contribution is -2.44. The van der Waals surface area contributed by atoms with Crippen LogP contribution < -0.4 is 15.0 Å². The Bertz CT molecular complexity index is 987. The van der Waals surface area contributed by atoms with E-state index in [4.69, 9.17) is 4.74 Å². The largest absolute Gasteiger partial charge is 0.497 e. The second-order valence-corrected chi connectivity index (χ2v) is 8.98. The normalized spacial score (nSPS) is 21.0. The van der Waals surface area contributed by atoms with E-state index in [0.29, 0.717) is 18.7 Å². The van der Waals surface area contributed by atoms with Crippen molar-refractivity contribution in [2.75, 3.05) is 38.8 Å². The first-order chi connectivity index (χ1) is 16.0. The molecule has 0 unspecified atom stereocenters. The van der Waals surface area contributed by atoms with Crippen molar-refractivity contribution in [2.45, 2.75) is 44.7 Å². The Morgan fingerprint density at radius 1 is 1.03 bits per heavy atom. The molecule has 0 spiro atoms. The molecule has 176 valence electrons. The van der Waals surface area contributed by atoms with E-state index < -0.39 is 5.54 Å². The van der Waals surface area contributed by atoms with Gasteiger partial charge >= 0.3 is 6.03 Å². The van der Waals surface area contributed by atoms with Crippen molar-refractivity contribution in [3.8, 4) is 5.75 Å². The number of para-hydroxylation sites is 1. The molecular weight excluding hydrogens is 416 g/mol.